The van der Waals surface area contributed by atoms with Gasteiger partial charge in [0.15, 0.2) is 0 Å². The van der Waals surface area contributed by atoms with Crippen LogP contribution in [0.2, 0.25) is 0 Å². The highest BCUT2D eigenvalue weighted by atomic mass is 16.6. The van der Waals surface area contributed by atoms with Crippen molar-refractivity contribution in [1.29, 1.82) is 0 Å². The number of nitro groups is 1. The summed E-state index contributed by atoms with van der Waals surface area (Å²) in [5.41, 5.74) is -0.390. The fraction of sp³-hybridized carbons (Fsp3) is 0.273. The minimum Gasteiger partial charge on any atom is -0.478 e. The molecule has 0 aromatic heterocycles. The van der Waals surface area contributed by atoms with Crippen LogP contribution in [0.1, 0.15) is 29.8 Å². The van der Waals surface area contributed by atoms with Gasteiger partial charge >= 0.3 is 5.97 Å². The first-order chi connectivity index (χ1) is 8.38. The second-order valence-corrected chi connectivity index (χ2v) is 3.58. The number of anilines is 1. The third-order valence-corrected chi connectivity index (χ3v) is 2.36. The smallest absolute Gasteiger partial charge is 0.336 e. The van der Waals surface area contributed by atoms with Crippen LogP contribution in [0.15, 0.2) is 12.1 Å². The van der Waals surface area contributed by atoms with Gasteiger partial charge < -0.3 is 10.4 Å². The maximum Gasteiger partial charge on any atom is 0.336 e. The number of carboxylic acid groups (broad SMARTS) is 1. The minimum atomic E-state index is -1.23. The Morgan fingerprint density at radius 1 is 1.44 bits per heavy atom. The van der Waals surface area contributed by atoms with Crippen molar-refractivity contribution in [2.24, 2.45) is 0 Å². The summed E-state index contributed by atoms with van der Waals surface area (Å²) < 4.78 is 0. The Morgan fingerprint density at radius 3 is 2.44 bits per heavy atom. The van der Waals surface area contributed by atoms with E-state index in [4.69, 9.17) is 5.11 Å². The van der Waals surface area contributed by atoms with Gasteiger partial charge in [0, 0.05) is 12.5 Å². The summed E-state index contributed by atoms with van der Waals surface area (Å²) >= 11 is 0. The summed E-state index contributed by atoms with van der Waals surface area (Å²) in [7, 11) is 0. The number of carbonyl (C=O) groups excluding carboxylic acids is 1. The highest BCUT2D eigenvalue weighted by molar-refractivity contribution is 5.96. The number of hydrogen-bond donors (Lipinski definition) is 2. The Kier molecular flexibility index (Phi) is 3.98. The van der Waals surface area contributed by atoms with Gasteiger partial charge in [-0.25, -0.2) is 4.79 Å². The van der Waals surface area contributed by atoms with Crippen molar-refractivity contribution in [3.05, 3.63) is 33.4 Å². The number of rotatable bonds is 4. The summed E-state index contributed by atoms with van der Waals surface area (Å²) in [6.07, 6.45) is 0.186. The maximum atomic E-state index is 11.0. The molecule has 0 heterocycles. The average Bonchev–Trinajstić information content (AvgIpc) is 2.26. The Balaban J connectivity index is 3.52. The molecule has 0 radical (unpaired) electrons. The molecular weight excluding hydrogens is 240 g/mol. The van der Waals surface area contributed by atoms with Gasteiger partial charge in [0.05, 0.1) is 10.5 Å². The molecule has 2 N–H and O–H groups in total. The molecule has 1 aromatic carbocycles. The van der Waals surface area contributed by atoms with Crippen LogP contribution < -0.4 is 5.32 Å². The molecule has 0 bridgehead atoms. The first kappa shape index (κ1) is 13.6. The van der Waals surface area contributed by atoms with Gasteiger partial charge in [0.1, 0.15) is 5.69 Å². The second kappa shape index (κ2) is 5.26. The Hall–Kier alpha value is -2.44. The molecule has 0 saturated heterocycles. The second-order valence-electron chi connectivity index (χ2n) is 3.58. The van der Waals surface area contributed by atoms with Crippen molar-refractivity contribution in [3.8, 4) is 0 Å². The molecule has 1 rings (SSSR count). The normalized spacial score (nSPS) is 9.89. The lowest BCUT2D eigenvalue weighted by molar-refractivity contribution is -0.384. The van der Waals surface area contributed by atoms with Gasteiger partial charge in [-0.1, -0.05) is 6.92 Å². The highest BCUT2D eigenvalue weighted by Gasteiger charge is 2.25. The molecule has 1 aromatic rings. The van der Waals surface area contributed by atoms with Crippen molar-refractivity contribution >= 4 is 23.3 Å². The van der Waals surface area contributed by atoms with E-state index in [1.807, 2.05) is 0 Å². The Labute approximate surface area is 103 Å². The lowest BCUT2D eigenvalue weighted by Crippen LogP contribution is -2.12. The van der Waals surface area contributed by atoms with E-state index >= 15 is 0 Å². The molecule has 0 saturated carbocycles. The number of nitrogens with zero attached hydrogens (tertiary/aromatic N) is 1. The van der Waals surface area contributed by atoms with Gasteiger partial charge in [0.25, 0.3) is 5.69 Å². The SMILES string of the molecule is CCc1c(C(=O)O)ccc(NC(C)=O)c1[N+](=O)[O-]. The first-order valence-corrected chi connectivity index (χ1v) is 5.19. The van der Waals surface area contributed by atoms with Crippen molar-refractivity contribution < 1.29 is 19.6 Å². The fourth-order valence-corrected chi connectivity index (χ4v) is 1.69. The monoisotopic (exact) mass is 252 g/mol. The van der Waals surface area contributed by atoms with Crippen molar-refractivity contribution in [2.75, 3.05) is 5.32 Å². The predicted molar refractivity (Wildman–Crippen MR) is 63.7 cm³/mol. The maximum absolute atomic E-state index is 11.0. The molecule has 7 nitrogen and oxygen atoms in total. The number of carbonyl (C=O) groups is 2. The van der Waals surface area contributed by atoms with Crippen molar-refractivity contribution in [2.45, 2.75) is 20.3 Å². The highest BCUT2D eigenvalue weighted by Crippen LogP contribution is 2.32. The zero-order valence-electron chi connectivity index (χ0n) is 9.89. The van der Waals surface area contributed by atoms with E-state index in [1.165, 1.54) is 19.1 Å². The lowest BCUT2D eigenvalue weighted by atomic mass is 10.0. The number of nitrogens with one attached hydrogen (secondary N) is 1. The number of aromatic carboxylic acids is 1. The molecule has 7 heteroatoms. The summed E-state index contributed by atoms with van der Waals surface area (Å²) in [6.45, 7) is 2.84. The summed E-state index contributed by atoms with van der Waals surface area (Å²) in [4.78, 5) is 32.3. The van der Waals surface area contributed by atoms with E-state index in [1.54, 1.807) is 6.92 Å². The fourth-order valence-electron chi connectivity index (χ4n) is 1.69. The number of hydrogen-bond acceptors (Lipinski definition) is 4. The molecule has 1 amide bonds. The molecular formula is C11H12N2O5. The molecule has 0 unspecified atom stereocenters. The van der Waals surface area contributed by atoms with Crippen LogP contribution in [0.3, 0.4) is 0 Å². The van der Waals surface area contributed by atoms with E-state index < -0.39 is 16.8 Å². The topological polar surface area (TPSA) is 110 Å². The summed E-state index contributed by atoms with van der Waals surface area (Å²) in [5.74, 6) is -1.69. The molecule has 0 aliphatic carbocycles. The predicted octanol–water partition coefficient (Wildman–Crippen LogP) is 1.81. The number of benzene rings is 1. The number of nitro benzene ring substituents is 1. The molecule has 0 spiro atoms. The molecule has 96 valence electrons. The van der Waals surface area contributed by atoms with Gasteiger partial charge in [-0.3, -0.25) is 14.9 Å². The quantitative estimate of drug-likeness (QED) is 0.627. The van der Waals surface area contributed by atoms with Crippen LogP contribution in [0.4, 0.5) is 11.4 Å². The van der Waals surface area contributed by atoms with Gasteiger partial charge in [-0.2, -0.15) is 0 Å². The molecule has 0 aliphatic rings. The molecule has 0 fully saturated rings. The Morgan fingerprint density at radius 2 is 2.06 bits per heavy atom. The third kappa shape index (κ3) is 2.62. The third-order valence-electron chi connectivity index (χ3n) is 2.36. The molecule has 0 aliphatic heterocycles. The largest absolute Gasteiger partial charge is 0.478 e. The number of amides is 1. The number of carboxylic acids is 1. The lowest BCUT2D eigenvalue weighted by Gasteiger charge is -2.09. The van der Waals surface area contributed by atoms with E-state index in [0.717, 1.165) is 0 Å². The Bertz CT molecular complexity index is 524. The van der Waals surface area contributed by atoms with Gasteiger partial charge in [-0.05, 0) is 18.6 Å². The van der Waals surface area contributed by atoms with Crippen LogP contribution in [0.25, 0.3) is 0 Å². The standard InChI is InChI=1S/C11H12N2O5/c1-3-7-8(11(15)16)4-5-9(12-6(2)14)10(7)13(17)18/h4-5H,3H2,1-2H3,(H,12,14)(H,15,16). The first-order valence-electron chi connectivity index (χ1n) is 5.19. The molecule has 18 heavy (non-hydrogen) atoms. The van der Waals surface area contributed by atoms with Gasteiger partial charge in [0.2, 0.25) is 5.91 Å². The zero-order chi connectivity index (χ0) is 13.9. The van der Waals surface area contributed by atoms with Crippen molar-refractivity contribution in [3.63, 3.8) is 0 Å². The van der Waals surface area contributed by atoms with Gasteiger partial charge in [-0.15, -0.1) is 0 Å². The van der Waals surface area contributed by atoms with Crippen LogP contribution >= 0.6 is 0 Å². The minimum absolute atomic E-state index is 0.00866. The van der Waals surface area contributed by atoms with Crippen molar-refractivity contribution in [1.82, 2.24) is 0 Å². The molecule has 0 atom stereocenters. The van der Waals surface area contributed by atoms with E-state index in [2.05, 4.69) is 5.32 Å². The van der Waals surface area contributed by atoms with Crippen LogP contribution in [-0.4, -0.2) is 21.9 Å². The van der Waals surface area contributed by atoms with Crippen LogP contribution in [-0.2, 0) is 11.2 Å². The summed E-state index contributed by atoms with van der Waals surface area (Å²) in [6, 6.07) is 2.47. The van der Waals surface area contributed by atoms with Crippen LogP contribution in [0, 0.1) is 10.1 Å². The van der Waals surface area contributed by atoms with E-state index in [9.17, 15) is 19.7 Å². The van der Waals surface area contributed by atoms with E-state index in [-0.39, 0.29) is 28.9 Å². The van der Waals surface area contributed by atoms with Crippen LogP contribution in [0.5, 0.6) is 0 Å². The zero-order valence-corrected chi connectivity index (χ0v) is 9.89. The summed E-state index contributed by atoms with van der Waals surface area (Å²) in [5, 5.41) is 22.3. The van der Waals surface area contributed by atoms with E-state index in [0.29, 0.717) is 0 Å². The average molecular weight is 252 g/mol.